The van der Waals surface area contributed by atoms with Gasteiger partial charge in [0.05, 0.1) is 24.0 Å². The summed E-state index contributed by atoms with van der Waals surface area (Å²) in [6.45, 7) is 8.43. The van der Waals surface area contributed by atoms with Crippen LogP contribution in [0.2, 0.25) is 0 Å². The van der Waals surface area contributed by atoms with E-state index in [2.05, 4.69) is 84.3 Å². The van der Waals surface area contributed by atoms with Crippen LogP contribution in [0.5, 0.6) is 0 Å². The third-order valence-corrected chi connectivity index (χ3v) is 6.36. The quantitative estimate of drug-likeness (QED) is 0.455. The predicted octanol–water partition coefficient (Wildman–Crippen LogP) is 5.33. The molecule has 2 aromatic heterocycles. The minimum Gasteiger partial charge on any atom is -0.365 e. The lowest BCUT2D eigenvalue weighted by Crippen LogP contribution is -2.31. The van der Waals surface area contributed by atoms with Gasteiger partial charge in [0.25, 0.3) is 0 Å². The summed E-state index contributed by atoms with van der Waals surface area (Å²) in [6, 6.07) is 17.8. The van der Waals surface area contributed by atoms with Crippen molar-refractivity contribution in [1.29, 1.82) is 0 Å². The molecule has 1 aliphatic rings. The molecular formula is C26H26N4O. The molecule has 5 rings (SSSR count). The van der Waals surface area contributed by atoms with Gasteiger partial charge in [-0.05, 0) is 42.2 Å². The first-order valence-electron chi connectivity index (χ1n) is 10.7. The Morgan fingerprint density at radius 1 is 0.935 bits per heavy atom. The average molecular weight is 411 g/mol. The number of rotatable bonds is 4. The van der Waals surface area contributed by atoms with E-state index in [0.717, 1.165) is 30.8 Å². The van der Waals surface area contributed by atoms with Gasteiger partial charge in [-0.3, -0.25) is 0 Å². The largest absolute Gasteiger partial charge is 0.365 e. The van der Waals surface area contributed by atoms with Crippen LogP contribution >= 0.6 is 0 Å². The number of fused-ring (bicyclic) bond motifs is 1. The van der Waals surface area contributed by atoms with Crippen LogP contribution in [-0.4, -0.2) is 21.7 Å². The second-order valence-corrected chi connectivity index (χ2v) is 8.79. The molecule has 5 heteroatoms. The molecular weight excluding hydrogens is 384 g/mol. The van der Waals surface area contributed by atoms with Gasteiger partial charge in [-0.25, -0.2) is 9.97 Å². The first-order chi connectivity index (χ1) is 15.0. The number of anilines is 1. The van der Waals surface area contributed by atoms with Gasteiger partial charge in [0, 0.05) is 23.8 Å². The Bertz CT molecular complexity index is 1180. The fourth-order valence-corrected chi connectivity index (χ4v) is 4.20. The highest BCUT2D eigenvalue weighted by molar-refractivity contribution is 5.54. The molecule has 0 saturated heterocycles. The molecule has 0 bridgehead atoms. The van der Waals surface area contributed by atoms with E-state index in [4.69, 9.17) is 9.51 Å². The average Bonchev–Trinajstić information content (AvgIpc) is 3.34. The zero-order chi connectivity index (χ0) is 21.4. The second-order valence-electron chi connectivity index (χ2n) is 8.79. The van der Waals surface area contributed by atoms with Crippen LogP contribution in [0.3, 0.4) is 0 Å². The van der Waals surface area contributed by atoms with E-state index in [9.17, 15) is 0 Å². The highest BCUT2D eigenvalue weighted by Crippen LogP contribution is 2.33. The topological polar surface area (TPSA) is 55.1 Å². The highest BCUT2D eigenvalue weighted by atomic mass is 16.5. The molecule has 156 valence electrons. The molecule has 0 N–H and O–H groups in total. The van der Waals surface area contributed by atoms with Crippen LogP contribution in [0, 0.1) is 6.92 Å². The molecule has 0 radical (unpaired) electrons. The fraction of sp³-hybridized carbons (Fsp3) is 0.269. The Labute approximate surface area is 182 Å². The molecule has 3 heterocycles. The number of aromatic nitrogens is 3. The van der Waals surface area contributed by atoms with E-state index >= 15 is 0 Å². The number of hydrogen-bond donors (Lipinski definition) is 0. The van der Waals surface area contributed by atoms with Gasteiger partial charge >= 0.3 is 0 Å². The van der Waals surface area contributed by atoms with E-state index in [1.807, 2.05) is 6.20 Å². The Morgan fingerprint density at radius 2 is 1.65 bits per heavy atom. The molecule has 1 aliphatic heterocycles. The van der Waals surface area contributed by atoms with Gasteiger partial charge in [0.1, 0.15) is 6.26 Å². The van der Waals surface area contributed by atoms with Crippen molar-refractivity contribution in [3.8, 4) is 11.4 Å². The molecule has 5 nitrogen and oxygen atoms in total. The van der Waals surface area contributed by atoms with Crippen LogP contribution in [0.15, 0.2) is 71.7 Å². The summed E-state index contributed by atoms with van der Waals surface area (Å²) in [7, 11) is 0. The van der Waals surface area contributed by atoms with E-state index in [1.54, 1.807) is 12.5 Å². The molecule has 0 saturated carbocycles. The summed E-state index contributed by atoms with van der Waals surface area (Å²) in [6.07, 6.45) is 6.11. The van der Waals surface area contributed by atoms with Crippen LogP contribution in [-0.2, 0) is 18.4 Å². The highest BCUT2D eigenvalue weighted by Gasteiger charge is 2.24. The van der Waals surface area contributed by atoms with Crippen molar-refractivity contribution >= 4 is 5.69 Å². The van der Waals surface area contributed by atoms with Gasteiger partial charge < -0.3 is 9.42 Å². The number of benzene rings is 2. The Kier molecular flexibility index (Phi) is 4.81. The summed E-state index contributed by atoms with van der Waals surface area (Å²) in [4.78, 5) is 11.6. The van der Waals surface area contributed by atoms with Crippen molar-refractivity contribution in [3.63, 3.8) is 0 Å². The minimum absolute atomic E-state index is 0.0402. The lowest BCUT2D eigenvalue weighted by molar-refractivity contribution is 0.420. The monoisotopic (exact) mass is 410 g/mol. The maximum absolute atomic E-state index is 4.94. The number of aryl methyl sites for hydroxylation is 1. The molecule has 0 atom stereocenters. The third-order valence-electron chi connectivity index (χ3n) is 6.36. The van der Waals surface area contributed by atoms with Crippen molar-refractivity contribution in [3.05, 3.63) is 95.1 Å². The predicted molar refractivity (Wildman–Crippen MR) is 122 cm³/mol. The van der Waals surface area contributed by atoms with Crippen LogP contribution in [0.1, 0.15) is 41.8 Å². The van der Waals surface area contributed by atoms with Crippen LogP contribution in [0.4, 0.5) is 5.69 Å². The van der Waals surface area contributed by atoms with E-state index in [-0.39, 0.29) is 5.41 Å². The summed E-state index contributed by atoms with van der Waals surface area (Å²) < 4.78 is 4.94. The maximum atomic E-state index is 4.94. The van der Waals surface area contributed by atoms with E-state index in [1.165, 1.54) is 27.9 Å². The van der Waals surface area contributed by atoms with Crippen molar-refractivity contribution in [2.45, 2.75) is 39.2 Å². The van der Waals surface area contributed by atoms with E-state index in [0.29, 0.717) is 5.82 Å². The maximum Gasteiger partial charge on any atom is 0.164 e. The first-order valence-corrected chi connectivity index (χ1v) is 10.7. The van der Waals surface area contributed by atoms with Gasteiger partial charge in [0.2, 0.25) is 0 Å². The molecule has 0 spiro atoms. The zero-order valence-electron chi connectivity index (χ0n) is 18.2. The summed E-state index contributed by atoms with van der Waals surface area (Å²) in [5.41, 5.74) is 8.21. The Balaban J connectivity index is 1.37. The Hall–Kier alpha value is -3.47. The summed E-state index contributed by atoms with van der Waals surface area (Å²) >= 11 is 0. The van der Waals surface area contributed by atoms with Crippen molar-refractivity contribution in [1.82, 2.24) is 15.1 Å². The van der Waals surface area contributed by atoms with Crippen molar-refractivity contribution < 1.29 is 4.52 Å². The van der Waals surface area contributed by atoms with Gasteiger partial charge in [0.15, 0.2) is 5.82 Å². The Morgan fingerprint density at radius 3 is 2.32 bits per heavy atom. The van der Waals surface area contributed by atoms with Crippen LogP contribution < -0.4 is 4.90 Å². The number of nitrogens with zero attached hydrogens (tertiary/aromatic N) is 4. The molecule has 4 aromatic rings. The zero-order valence-corrected chi connectivity index (χ0v) is 18.2. The smallest absolute Gasteiger partial charge is 0.164 e. The SMILES string of the molecule is Cc1ccc(C(C)(C)c2ccc(N3CCc4cnc(-c5cnoc5)nc4C3)cc2)cc1. The van der Waals surface area contributed by atoms with Crippen LogP contribution in [0.25, 0.3) is 11.4 Å². The minimum atomic E-state index is -0.0402. The van der Waals surface area contributed by atoms with Crippen molar-refractivity contribution in [2.24, 2.45) is 0 Å². The second kappa shape index (κ2) is 7.65. The lowest BCUT2D eigenvalue weighted by atomic mass is 9.78. The third kappa shape index (κ3) is 3.72. The fourth-order valence-electron chi connectivity index (χ4n) is 4.20. The van der Waals surface area contributed by atoms with Gasteiger partial charge in [-0.1, -0.05) is 61.0 Å². The standard InChI is InChI=1S/C26H26N4O/c1-18-4-6-21(7-5-18)26(2,3)22-8-10-23(11-9-22)30-13-12-19-14-27-25(29-24(19)16-30)20-15-28-31-17-20/h4-11,14-15,17H,12-13,16H2,1-3H3. The first kappa shape index (κ1) is 19.5. The number of hydrogen-bond acceptors (Lipinski definition) is 5. The van der Waals surface area contributed by atoms with Crippen molar-refractivity contribution in [2.75, 3.05) is 11.4 Å². The molecule has 31 heavy (non-hydrogen) atoms. The normalized spacial score (nSPS) is 13.8. The molecule has 0 unspecified atom stereocenters. The molecule has 2 aromatic carbocycles. The lowest BCUT2D eigenvalue weighted by Gasteiger charge is -2.31. The molecule has 0 amide bonds. The summed E-state index contributed by atoms with van der Waals surface area (Å²) in [5.74, 6) is 0.664. The molecule has 0 aliphatic carbocycles. The summed E-state index contributed by atoms with van der Waals surface area (Å²) in [5, 5.41) is 3.76. The van der Waals surface area contributed by atoms with E-state index < -0.39 is 0 Å². The van der Waals surface area contributed by atoms with Gasteiger partial charge in [-0.2, -0.15) is 0 Å². The molecule has 0 fully saturated rings. The van der Waals surface area contributed by atoms with Gasteiger partial charge in [-0.15, -0.1) is 0 Å².